The number of nitrogens with zero attached hydrogens (tertiary/aromatic N) is 2. The van der Waals surface area contributed by atoms with Crippen LogP contribution in [0.25, 0.3) is 0 Å². The zero-order valence-electron chi connectivity index (χ0n) is 11.5. The molecule has 0 radical (unpaired) electrons. The molecular weight excluding hydrogens is 323 g/mol. The minimum absolute atomic E-state index is 0.173. The van der Waals surface area contributed by atoms with Crippen LogP contribution in [0.2, 0.25) is 10.0 Å². The van der Waals surface area contributed by atoms with Gasteiger partial charge in [-0.3, -0.25) is 0 Å². The van der Waals surface area contributed by atoms with Crippen molar-refractivity contribution in [3.05, 3.63) is 46.4 Å². The van der Waals surface area contributed by atoms with E-state index in [2.05, 4.69) is 9.80 Å². The molecule has 0 spiro atoms. The molecule has 3 aliphatic rings. The smallest absolute Gasteiger partial charge is 0.229 e. The molecule has 1 saturated heterocycles. The van der Waals surface area contributed by atoms with Gasteiger partial charge < -0.3 is 19.3 Å². The number of halogens is 2. The van der Waals surface area contributed by atoms with E-state index in [1.165, 1.54) is 0 Å². The van der Waals surface area contributed by atoms with Crippen molar-refractivity contribution in [1.29, 1.82) is 0 Å². The Kier molecular flexibility index (Phi) is 2.53. The summed E-state index contributed by atoms with van der Waals surface area (Å²) in [7, 11) is 0. The number of hydrogen-bond donors (Lipinski definition) is 0. The molecule has 3 aliphatic heterocycles. The maximum atomic E-state index is 6.12. The van der Waals surface area contributed by atoms with Crippen LogP contribution < -0.4 is 19.3 Å². The van der Waals surface area contributed by atoms with Crippen LogP contribution >= 0.6 is 23.2 Å². The average Bonchev–Trinajstić information content (AvgIpc) is 3.05. The van der Waals surface area contributed by atoms with Crippen LogP contribution in [0, 0.1) is 0 Å². The summed E-state index contributed by atoms with van der Waals surface area (Å²) in [6.45, 7) is 1.70. The van der Waals surface area contributed by atoms with E-state index in [1.54, 1.807) is 0 Å². The van der Waals surface area contributed by atoms with Crippen molar-refractivity contribution in [1.82, 2.24) is 0 Å². The van der Waals surface area contributed by atoms with E-state index in [1.807, 2.05) is 36.4 Å². The van der Waals surface area contributed by atoms with Crippen LogP contribution in [0.15, 0.2) is 36.4 Å². The lowest BCUT2D eigenvalue weighted by Crippen LogP contribution is -2.60. The minimum atomic E-state index is -0.173. The van der Waals surface area contributed by atoms with Gasteiger partial charge in [-0.1, -0.05) is 23.2 Å². The molecule has 2 aromatic rings. The largest absolute Gasteiger partial charge is 0.462 e. The van der Waals surface area contributed by atoms with E-state index in [-0.39, 0.29) is 12.5 Å². The first-order chi connectivity index (χ1) is 10.7. The summed E-state index contributed by atoms with van der Waals surface area (Å²) >= 11 is 12.2. The van der Waals surface area contributed by atoms with Gasteiger partial charge in [0.2, 0.25) is 12.5 Å². The average molecular weight is 335 g/mol. The highest BCUT2D eigenvalue weighted by Gasteiger charge is 2.48. The Hall–Kier alpha value is -1.78. The number of ether oxygens (including phenoxy) is 2. The molecule has 0 bridgehead atoms. The van der Waals surface area contributed by atoms with Crippen molar-refractivity contribution >= 4 is 34.6 Å². The van der Waals surface area contributed by atoms with E-state index >= 15 is 0 Å². The summed E-state index contributed by atoms with van der Waals surface area (Å²) in [5.41, 5.74) is 2.07. The Morgan fingerprint density at radius 2 is 1.23 bits per heavy atom. The molecule has 0 unspecified atom stereocenters. The van der Waals surface area contributed by atoms with Crippen LogP contribution in [-0.4, -0.2) is 25.5 Å². The molecule has 4 nitrogen and oxygen atoms in total. The van der Waals surface area contributed by atoms with Gasteiger partial charge in [-0.2, -0.15) is 0 Å². The van der Waals surface area contributed by atoms with Gasteiger partial charge >= 0.3 is 0 Å². The minimum Gasteiger partial charge on any atom is -0.462 e. The summed E-state index contributed by atoms with van der Waals surface area (Å²) < 4.78 is 12.2. The molecule has 0 N–H and O–H groups in total. The lowest BCUT2D eigenvalue weighted by atomic mass is 10.2. The van der Waals surface area contributed by atoms with Crippen molar-refractivity contribution in [2.75, 3.05) is 22.9 Å². The number of benzene rings is 2. The normalized spacial score (nSPS) is 24.1. The molecule has 2 aromatic carbocycles. The Morgan fingerprint density at radius 1 is 0.773 bits per heavy atom. The monoisotopic (exact) mass is 334 g/mol. The number of fused-ring (bicyclic) bond motifs is 7. The summed E-state index contributed by atoms with van der Waals surface area (Å²) in [6.07, 6.45) is -0.346. The van der Waals surface area contributed by atoms with E-state index in [0.29, 0.717) is 10.0 Å². The van der Waals surface area contributed by atoms with E-state index in [4.69, 9.17) is 32.7 Å². The van der Waals surface area contributed by atoms with E-state index < -0.39 is 0 Å². The molecule has 6 heteroatoms. The topological polar surface area (TPSA) is 24.9 Å². The SMILES string of the molecule is Clc1ccc2c(c1)N1CCN3c4cc(Cl)ccc4O[C@H]3[C@@H]1O2. The second kappa shape index (κ2) is 4.37. The van der Waals surface area contributed by atoms with Crippen LogP contribution in [-0.2, 0) is 0 Å². The summed E-state index contributed by atoms with van der Waals surface area (Å²) in [4.78, 5) is 4.44. The van der Waals surface area contributed by atoms with E-state index in [9.17, 15) is 0 Å². The third-order valence-corrected chi connectivity index (χ3v) is 4.87. The van der Waals surface area contributed by atoms with Crippen molar-refractivity contribution in [3.8, 4) is 11.5 Å². The Labute approximate surface area is 137 Å². The Bertz CT molecular complexity index is 717. The molecular formula is C16H12Cl2N2O2. The quantitative estimate of drug-likeness (QED) is 0.732. The molecule has 22 heavy (non-hydrogen) atoms. The van der Waals surface area contributed by atoms with Crippen molar-refractivity contribution in [3.63, 3.8) is 0 Å². The number of piperazine rings is 1. The highest BCUT2D eigenvalue weighted by Crippen LogP contribution is 2.47. The molecule has 0 saturated carbocycles. The van der Waals surface area contributed by atoms with Gasteiger partial charge in [-0.15, -0.1) is 0 Å². The van der Waals surface area contributed by atoms with E-state index in [0.717, 1.165) is 36.0 Å². The molecule has 3 heterocycles. The zero-order valence-corrected chi connectivity index (χ0v) is 13.0. The van der Waals surface area contributed by atoms with Gasteiger partial charge in [0.25, 0.3) is 0 Å². The fraction of sp³-hybridized carbons (Fsp3) is 0.250. The molecule has 0 amide bonds. The lowest BCUT2D eigenvalue weighted by molar-refractivity contribution is 0.0649. The van der Waals surface area contributed by atoms with Crippen LogP contribution in [0.4, 0.5) is 11.4 Å². The van der Waals surface area contributed by atoms with Gasteiger partial charge in [0.05, 0.1) is 11.4 Å². The molecule has 0 aromatic heterocycles. The molecule has 2 atom stereocenters. The zero-order chi connectivity index (χ0) is 14.8. The maximum Gasteiger partial charge on any atom is 0.229 e. The maximum absolute atomic E-state index is 6.12. The third kappa shape index (κ3) is 1.65. The highest BCUT2D eigenvalue weighted by atomic mass is 35.5. The van der Waals surface area contributed by atoms with Crippen LogP contribution in [0.3, 0.4) is 0 Å². The summed E-state index contributed by atoms with van der Waals surface area (Å²) in [5, 5.41) is 1.43. The van der Waals surface area contributed by atoms with Crippen molar-refractivity contribution in [2.45, 2.75) is 12.5 Å². The third-order valence-electron chi connectivity index (χ3n) is 4.40. The second-order valence-electron chi connectivity index (χ2n) is 5.63. The second-order valence-corrected chi connectivity index (χ2v) is 6.50. The molecule has 5 rings (SSSR count). The Balaban J connectivity index is 1.54. The van der Waals surface area contributed by atoms with Crippen LogP contribution in [0.5, 0.6) is 11.5 Å². The van der Waals surface area contributed by atoms with Crippen molar-refractivity contribution < 1.29 is 9.47 Å². The fourth-order valence-corrected chi connectivity index (χ4v) is 3.76. The lowest BCUT2D eigenvalue weighted by Gasteiger charge is -2.40. The van der Waals surface area contributed by atoms with Gasteiger partial charge in [0, 0.05) is 23.1 Å². The van der Waals surface area contributed by atoms with Gasteiger partial charge in [-0.25, -0.2) is 0 Å². The van der Waals surface area contributed by atoms with Gasteiger partial charge in [0.1, 0.15) is 11.5 Å². The van der Waals surface area contributed by atoms with Gasteiger partial charge in [-0.05, 0) is 36.4 Å². The van der Waals surface area contributed by atoms with Gasteiger partial charge in [0.15, 0.2) is 0 Å². The summed E-state index contributed by atoms with van der Waals surface area (Å²) in [6, 6.07) is 11.4. The number of anilines is 2. The number of rotatable bonds is 0. The van der Waals surface area contributed by atoms with Crippen LogP contribution in [0.1, 0.15) is 0 Å². The number of hydrogen-bond acceptors (Lipinski definition) is 4. The first-order valence-corrected chi connectivity index (χ1v) is 7.92. The summed E-state index contributed by atoms with van der Waals surface area (Å²) in [5.74, 6) is 1.71. The molecule has 112 valence electrons. The first kappa shape index (κ1) is 12.7. The predicted molar refractivity (Wildman–Crippen MR) is 86.4 cm³/mol. The highest BCUT2D eigenvalue weighted by molar-refractivity contribution is 6.31. The fourth-order valence-electron chi connectivity index (χ4n) is 3.43. The predicted octanol–water partition coefficient (Wildman–Crippen LogP) is 3.76. The molecule has 0 aliphatic carbocycles. The van der Waals surface area contributed by atoms with Crippen molar-refractivity contribution in [2.24, 2.45) is 0 Å². The first-order valence-electron chi connectivity index (χ1n) is 7.16. The Morgan fingerprint density at radius 3 is 1.68 bits per heavy atom. The molecule has 1 fully saturated rings. The standard InChI is InChI=1S/C16H12Cl2N2O2/c17-9-1-3-13-11(7-9)19-5-6-20-12-8-10(18)2-4-14(12)22-16(20)15(19)21-13/h1-4,7-8,15-16H,5-6H2/t15-,16-/m0/s1.